The number of nitrogens with zero attached hydrogens (tertiary/aromatic N) is 1. The van der Waals surface area contributed by atoms with Gasteiger partial charge in [0.1, 0.15) is 0 Å². The number of hydrogen-bond acceptors (Lipinski definition) is 4. The van der Waals surface area contributed by atoms with Crippen molar-refractivity contribution in [2.75, 3.05) is 28.6 Å². The van der Waals surface area contributed by atoms with E-state index in [0.29, 0.717) is 34.3 Å². The fourth-order valence-corrected chi connectivity index (χ4v) is 3.86. The van der Waals surface area contributed by atoms with Crippen molar-refractivity contribution in [3.63, 3.8) is 0 Å². The minimum absolute atomic E-state index is 0.135. The molecule has 0 fully saturated rings. The van der Waals surface area contributed by atoms with Crippen LogP contribution in [0.1, 0.15) is 43.8 Å². The molecule has 0 aliphatic carbocycles. The minimum atomic E-state index is -1.14. The zero-order valence-electron chi connectivity index (χ0n) is 20.4. The topological polar surface area (TPSA) is 94.8 Å². The molecule has 34 heavy (non-hydrogen) atoms. The molecule has 0 spiro atoms. The Labute approximate surface area is 200 Å². The van der Waals surface area contributed by atoms with Gasteiger partial charge in [0.15, 0.2) is 0 Å². The average Bonchev–Trinajstić information content (AvgIpc) is 3.24. The largest absolute Gasteiger partial charge is 0.475 e. The van der Waals surface area contributed by atoms with Crippen LogP contribution in [0.5, 0.6) is 0 Å². The first-order chi connectivity index (χ1) is 16.1. The summed E-state index contributed by atoms with van der Waals surface area (Å²) in [6, 6.07) is 14.4. The van der Waals surface area contributed by atoms with Gasteiger partial charge in [-0.05, 0) is 54.7 Å². The molecule has 2 aromatic carbocycles. The lowest BCUT2D eigenvalue weighted by molar-refractivity contribution is 0.0663. The Morgan fingerprint density at radius 3 is 2.18 bits per heavy atom. The minimum Gasteiger partial charge on any atom is -0.475 e. The lowest BCUT2D eigenvalue weighted by Crippen LogP contribution is -2.32. The van der Waals surface area contributed by atoms with Crippen molar-refractivity contribution in [2.24, 2.45) is 11.8 Å². The number of amides is 2. The lowest BCUT2D eigenvalue weighted by Gasteiger charge is -2.30. The number of carboxylic acid groups (broad SMARTS) is 1. The third kappa shape index (κ3) is 6.41. The second kappa shape index (κ2) is 10.9. The highest BCUT2D eigenvalue weighted by molar-refractivity contribution is 6.03. The number of aryl methyl sites for hydroxylation is 1. The van der Waals surface area contributed by atoms with Crippen LogP contribution in [0.15, 0.2) is 59.2 Å². The molecular weight excluding hydrogens is 430 g/mol. The number of urea groups is 1. The Hall–Kier alpha value is -3.74. The molecule has 0 saturated carbocycles. The van der Waals surface area contributed by atoms with E-state index in [1.165, 1.54) is 6.26 Å². The molecule has 3 N–H and O–H groups in total. The molecule has 7 nitrogen and oxygen atoms in total. The number of nitrogens with one attached hydrogen (secondary N) is 2. The second-order valence-corrected chi connectivity index (χ2v) is 9.34. The number of furan rings is 1. The maximum atomic E-state index is 12.9. The van der Waals surface area contributed by atoms with E-state index in [4.69, 9.17) is 4.42 Å². The highest BCUT2D eigenvalue weighted by Crippen LogP contribution is 2.34. The van der Waals surface area contributed by atoms with E-state index in [9.17, 15) is 14.7 Å². The molecule has 7 heteroatoms. The molecule has 180 valence electrons. The molecule has 0 unspecified atom stereocenters. The molecule has 2 amide bonds. The number of carbonyl (C=O) groups excluding carboxylic acids is 1. The van der Waals surface area contributed by atoms with Crippen LogP contribution in [0.2, 0.25) is 0 Å². The Morgan fingerprint density at radius 2 is 1.59 bits per heavy atom. The van der Waals surface area contributed by atoms with Crippen LogP contribution in [0.3, 0.4) is 0 Å². The molecule has 0 bridgehead atoms. The van der Waals surface area contributed by atoms with Crippen molar-refractivity contribution in [3.8, 4) is 11.1 Å². The van der Waals surface area contributed by atoms with Crippen molar-refractivity contribution in [1.82, 2.24) is 0 Å². The Balaban J connectivity index is 2.00. The van der Waals surface area contributed by atoms with Gasteiger partial charge in [0, 0.05) is 24.3 Å². The van der Waals surface area contributed by atoms with Gasteiger partial charge in [-0.2, -0.15) is 0 Å². The molecule has 3 aromatic rings. The molecule has 0 aliphatic rings. The van der Waals surface area contributed by atoms with Crippen molar-refractivity contribution < 1.29 is 19.1 Å². The highest BCUT2D eigenvalue weighted by Gasteiger charge is 2.20. The second-order valence-electron chi connectivity index (χ2n) is 9.34. The van der Waals surface area contributed by atoms with Gasteiger partial charge in [-0.1, -0.05) is 51.5 Å². The Bertz CT molecular complexity index is 1120. The van der Waals surface area contributed by atoms with Crippen LogP contribution >= 0.6 is 0 Å². The van der Waals surface area contributed by atoms with Gasteiger partial charge in [0.25, 0.3) is 0 Å². The van der Waals surface area contributed by atoms with E-state index >= 15 is 0 Å². The Kier molecular flexibility index (Phi) is 7.99. The van der Waals surface area contributed by atoms with E-state index in [1.807, 2.05) is 43.3 Å². The quantitative estimate of drug-likeness (QED) is 0.328. The van der Waals surface area contributed by atoms with Gasteiger partial charge in [0.2, 0.25) is 5.76 Å². The molecule has 0 radical (unpaired) electrons. The standard InChI is InChI=1S/C27H33N3O4/c1-17(2)15-30(16-18(3)4)24-11-8-20(22-12-13-34-25(22)26(31)32)14-23(24)29-27(33)28-21-9-6-19(5)7-10-21/h6-14,17-18H,15-16H2,1-5H3,(H,31,32)(H2,28,29,33). The predicted octanol–water partition coefficient (Wildman–Crippen LogP) is 6.72. The van der Waals surface area contributed by atoms with Crippen molar-refractivity contribution in [3.05, 3.63) is 66.1 Å². The van der Waals surface area contributed by atoms with Crippen LogP contribution in [0.4, 0.5) is 21.9 Å². The van der Waals surface area contributed by atoms with E-state index in [1.54, 1.807) is 12.1 Å². The third-order valence-corrected chi connectivity index (χ3v) is 5.24. The molecule has 0 saturated heterocycles. The summed E-state index contributed by atoms with van der Waals surface area (Å²) in [5.74, 6) is -0.443. The summed E-state index contributed by atoms with van der Waals surface area (Å²) in [6.07, 6.45) is 1.35. The maximum absolute atomic E-state index is 12.9. The summed E-state index contributed by atoms with van der Waals surface area (Å²) in [4.78, 5) is 26.7. The first-order valence-corrected chi connectivity index (χ1v) is 11.5. The molecule has 3 rings (SSSR count). The van der Waals surface area contributed by atoms with Crippen molar-refractivity contribution in [1.29, 1.82) is 0 Å². The van der Waals surface area contributed by atoms with Gasteiger partial charge < -0.3 is 25.1 Å². The van der Waals surface area contributed by atoms with E-state index in [2.05, 4.69) is 43.2 Å². The monoisotopic (exact) mass is 463 g/mol. The van der Waals surface area contributed by atoms with Crippen LogP contribution in [0, 0.1) is 18.8 Å². The maximum Gasteiger partial charge on any atom is 0.372 e. The average molecular weight is 464 g/mol. The van der Waals surface area contributed by atoms with Crippen LogP contribution in [-0.2, 0) is 0 Å². The van der Waals surface area contributed by atoms with E-state index in [0.717, 1.165) is 24.3 Å². The number of anilines is 3. The number of aromatic carboxylic acids is 1. The summed E-state index contributed by atoms with van der Waals surface area (Å²) in [6.45, 7) is 12.2. The normalized spacial score (nSPS) is 11.0. The number of rotatable bonds is 9. The van der Waals surface area contributed by atoms with Gasteiger partial charge in [-0.25, -0.2) is 9.59 Å². The van der Waals surface area contributed by atoms with Crippen LogP contribution in [-0.4, -0.2) is 30.2 Å². The first-order valence-electron chi connectivity index (χ1n) is 11.5. The zero-order valence-corrected chi connectivity index (χ0v) is 20.4. The number of carboxylic acids is 1. The van der Waals surface area contributed by atoms with Gasteiger partial charge >= 0.3 is 12.0 Å². The number of carbonyl (C=O) groups is 2. The summed E-state index contributed by atoms with van der Waals surface area (Å²) in [7, 11) is 0. The fourth-order valence-electron chi connectivity index (χ4n) is 3.86. The fraction of sp³-hybridized carbons (Fsp3) is 0.333. The molecular formula is C27H33N3O4. The molecule has 0 atom stereocenters. The molecule has 1 heterocycles. The van der Waals surface area contributed by atoms with E-state index < -0.39 is 5.97 Å². The van der Waals surface area contributed by atoms with Crippen LogP contribution in [0.25, 0.3) is 11.1 Å². The molecule has 0 aliphatic heterocycles. The zero-order chi connectivity index (χ0) is 24.8. The smallest absolute Gasteiger partial charge is 0.372 e. The predicted molar refractivity (Wildman–Crippen MR) is 137 cm³/mol. The van der Waals surface area contributed by atoms with Crippen molar-refractivity contribution >= 4 is 29.1 Å². The third-order valence-electron chi connectivity index (χ3n) is 5.24. The lowest BCUT2D eigenvalue weighted by atomic mass is 10.0. The summed E-state index contributed by atoms with van der Waals surface area (Å²) >= 11 is 0. The van der Waals surface area contributed by atoms with Crippen molar-refractivity contribution in [2.45, 2.75) is 34.6 Å². The highest BCUT2D eigenvalue weighted by atomic mass is 16.4. The summed E-state index contributed by atoms with van der Waals surface area (Å²) in [5.41, 5.74) is 4.37. The molecule has 1 aromatic heterocycles. The number of benzene rings is 2. The van der Waals surface area contributed by atoms with Crippen LogP contribution < -0.4 is 15.5 Å². The van der Waals surface area contributed by atoms with Gasteiger partial charge in [0.05, 0.1) is 17.6 Å². The summed E-state index contributed by atoms with van der Waals surface area (Å²) < 4.78 is 5.16. The Morgan fingerprint density at radius 1 is 0.941 bits per heavy atom. The summed E-state index contributed by atoms with van der Waals surface area (Å²) in [5, 5.41) is 15.3. The number of hydrogen-bond donors (Lipinski definition) is 3. The first kappa shape index (κ1) is 24.9. The van der Waals surface area contributed by atoms with Gasteiger partial charge in [-0.3, -0.25) is 0 Å². The van der Waals surface area contributed by atoms with Gasteiger partial charge in [-0.15, -0.1) is 0 Å². The SMILES string of the molecule is Cc1ccc(NC(=O)Nc2cc(-c3ccoc3C(=O)O)ccc2N(CC(C)C)CC(C)C)cc1. The van der Waals surface area contributed by atoms with E-state index in [-0.39, 0.29) is 11.8 Å².